The van der Waals surface area contributed by atoms with E-state index in [2.05, 4.69) is 0 Å². The predicted molar refractivity (Wildman–Crippen MR) is 82.7 cm³/mol. The van der Waals surface area contributed by atoms with Crippen LogP contribution in [0.5, 0.6) is 0 Å². The van der Waals surface area contributed by atoms with Gasteiger partial charge in [0, 0.05) is 18.3 Å². The number of nitrogens with zero attached hydrogens (tertiary/aromatic N) is 1. The molecule has 0 aromatic carbocycles. The minimum Gasteiger partial charge on any atom is -0.462 e. The molecular formula is C17H25NO3. The van der Waals surface area contributed by atoms with Crippen LogP contribution in [0.25, 0.3) is 0 Å². The van der Waals surface area contributed by atoms with Crippen molar-refractivity contribution in [2.75, 3.05) is 6.61 Å². The van der Waals surface area contributed by atoms with Gasteiger partial charge in [-0.3, -0.25) is 4.79 Å². The van der Waals surface area contributed by atoms with Crippen molar-refractivity contribution in [2.24, 2.45) is 5.92 Å². The highest BCUT2D eigenvalue weighted by atomic mass is 16.5. The average molecular weight is 291 g/mol. The number of esters is 1. The molecule has 1 aliphatic rings. The van der Waals surface area contributed by atoms with Gasteiger partial charge in [-0.05, 0) is 38.7 Å². The Kier molecular flexibility index (Phi) is 5.21. The van der Waals surface area contributed by atoms with Gasteiger partial charge in [0.15, 0.2) is 0 Å². The number of rotatable bonds is 5. The van der Waals surface area contributed by atoms with Crippen LogP contribution in [0.1, 0.15) is 60.6 Å². The molecule has 0 unspecified atom stereocenters. The Balaban J connectivity index is 2.25. The summed E-state index contributed by atoms with van der Waals surface area (Å²) in [6, 6.07) is 1.55. The molecule has 1 fully saturated rings. The fourth-order valence-corrected chi connectivity index (χ4v) is 3.32. The van der Waals surface area contributed by atoms with Crippen LogP contribution in [0, 0.1) is 19.8 Å². The van der Waals surface area contributed by atoms with Crippen molar-refractivity contribution in [1.82, 2.24) is 4.57 Å². The van der Waals surface area contributed by atoms with E-state index in [0.717, 1.165) is 18.0 Å². The van der Waals surface area contributed by atoms with Gasteiger partial charge in [0.2, 0.25) is 0 Å². The summed E-state index contributed by atoms with van der Waals surface area (Å²) in [6.45, 7) is 6.47. The molecule has 1 saturated carbocycles. The normalized spacial score (nSPS) is 15.4. The van der Waals surface area contributed by atoms with E-state index in [1.165, 1.54) is 25.7 Å². The summed E-state index contributed by atoms with van der Waals surface area (Å²) in [4.78, 5) is 24.3. The Morgan fingerprint density at radius 3 is 2.62 bits per heavy atom. The lowest BCUT2D eigenvalue weighted by molar-refractivity contribution is 0.0523. The van der Waals surface area contributed by atoms with E-state index in [9.17, 15) is 9.59 Å². The maximum absolute atomic E-state index is 12.2. The molecule has 0 aliphatic heterocycles. The SMILES string of the molecule is CCOC(=O)c1c(C)cc(=O)n(CCC2CCCC2)c1C. The summed E-state index contributed by atoms with van der Waals surface area (Å²) in [5.41, 5.74) is 1.96. The van der Waals surface area contributed by atoms with Crippen LogP contribution in [0.4, 0.5) is 0 Å². The highest BCUT2D eigenvalue weighted by Gasteiger charge is 2.19. The molecule has 21 heavy (non-hydrogen) atoms. The summed E-state index contributed by atoms with van der Waals surface area (Å²) in [7, 11) is 0. The zero-order valence-corrected chi connectivity index (χ0v) is 13.3. The lowest BCUT2D eigenvalue weighted by Crippen LogP contribution is -2.26. The van der Waals surface area contributed by atoms with Crippen molar-refractivity contribution in [2.45, 2.75) is 59.4 Å². The first-order chi connectivity index (χ1) is 10.0. The summed E-state index contributed by atoms with van der Waals surface area (Å²) in [5, 5.41) is 0. The van der Waals surface area contributed by atoms with Gasteiger partial charge in [-0.2, -0.15) is 0 Å². The second-order valence-electron chi connectivity index (χ2n) is 5.94. The van der Waals surface area contributed by atoms with E-state index in [1.54, 1.807) is 24.5 Å². The monoisotopic (exact) mass is 291 g/mol. The smallest absolute Gasteiger partial charge is 0.340 e. The molecule has 116 valence electrons. The summed E-state index contributed by atoms with van der Waals surface area (Å²) < 4.78 is 6.84. The van der Waals surface area contributed by atoms with Crippen LogP contribution in [-0.4, -0.2) is 17.1 Å². The lowest BCUT2D eigenvalue weighted by atomic mass is 10.0. The predicted octanol–water partition coefficient (Wildman–Crippen LogP) is 3.22. The number of aromatic nitrogens is 1. The van der Waals surface area contributed by atoms with E-state index in [0.29, 0.717) is 24.3 Å². The largest absolute Gasteiger partial charge is 0.462 e. The van der Waals surface area contributed by atoms with E-state index in [4.69, 9.17) is 4.74 Å². The number of carbonyl (C=O) groups excluding carboxylic acids is 1. The van der Waals surface area contributed by atoms with Gasteiger partial charge in [-0.25, -0.2) is 4.79 Å². The quantitative estimate of drug-likeness (QED) is 0.783. The van der Waals surface area contributed by atoms with Gasteiger partial charge in [-0.1, -0.05) is 25.7 Å². The van der Waals surface area contributed by atoms with Gasteiger partial charge in [0.1, 0.15) is 0 Å². The summed E-state index contributed by atoms with van der Waals surface area (Å²) in [5.74, 6) is 0.394. The number of hydrogen-bond acceptors (Lipinski definition) is 3. The van der Waals surface area contributed by atoms with Gasteiger partial charge >= 0.3 is 5.97 Å². The second-order valence-corrected chi connectivity index (χ2v) is 5.94. The third-order valence-corrected chi connectivity index (χ3v) is 4.48. The minimum absolute atomic E-state index is 0.0176. The standard InChI is InChI=1S/C17H25NO3/c1-4-21-17(20)16-12(2)11-15(19)18(13(16)3)10-9-14-7-5-6-8-14/h11,14H,4-10H2,1-3H3. The molecule has 1 aromatic rings. The molecule has 0 atom stereocenters. The zero-order valence-electron chi connectivity index (χ0n) is 13.3. The van der Waals surface area contributed by atoms with Crippen molar-refractivity contribution in [3.63, 3.8) is 0 Å². The van der Waals surface area contributed by atoms with E-state index in [-0.39, 0.29) is 11.5 Å². The third-order valence-electron chi connectivity index (χ3n) is 4.48. The number of ether oxygens (including phenoxy) is 1. The number of pyridine rings is 1. The van der Waals surface area contributed by atoms with Gasteiger partial charge in [0.05, 0.1) is 12.2 Å². The molecule has 2 rings (SSSR count). The van der Waals surface area contributed by atoms with Crippen LogP contribution in [0.2, 0.25) is 0 Å². The molecule has 1 heterocycles. The van der Waals surface area contributed by atoms with Crippen molar-refractivity contribution in [3.8, 4) is 0 Å². The highest BCUT2D eigenvalue weighted by molar-refractivity contribution is 5.92. The summed E-state index contributed by atoms with van der Waals surface area (Å²) in [6.07, 6.45) is 6.17. The fourth-order valence-electron chi connectivity index (χ4n) is 3.32. The molecular weight excluding hydrogens is 266 g/mol. The van der Waals surface area contributed by atoms with Gasteiger partial charge in [0.25, 0.3) is 5.56 Å². The first kappa shape index (κ1) is 15.8. The Morgan fingerprint density at radius 1 is 1.33 bits per heavy atom. The number of carbonyl (C=O) groups is 1. The molecule has 1 aromatic heterocycles. The second kappa shape index (κ2) is 6.92. The maximum Gasteiger partial charge on any atom is 0.340 e. The molecule has 0 saturated heterocycles. The molecule has 0 bridgehead atoms. The molecule has 0 radical (unpaired) electrons. The molecule has 4 heteroatoms. The molecule has 0 N–H and O–H groups in total. The van der Waals surface area contributed by atoms with Crippen LogP contribution in [-0.2, 0) is 11.3 Å². The van der Waals surface area contributed by atoms with Gasteiger partial charge < -0.3 is 9.30 Å². The fraction of sp³-hybridized carbons (Fsp3) is 0.647. The van der Waals surface area contributed by atoms with Crippen LogP contribution in [0.3, 0.4) is 0 Å². The highest BCUT2D eigenvalue weighted by Crippen LogP contribution is 2.28. The number of aryl methyl sites for hydroxylation is 1. The Morgan fingerprint density at radius 2 is 2.00 bits per heavy atom. The molecule has 0 amide bonds. The molecule has 4 nitrogen and oxygen atoms in total. The van der Waals surface area contributed by atoms with Crippen molar-refractivity contribution >= 4 is 5.97 Å². The van der Waals surface area contributed by atoms with Crippen molar-refractivity contribution in [1.29, 1.82) is 0 Å². The van der Waals surface area contributed by atoms with E-state index < -0.39 is 0 Å². The van der Waals surface area contributed by atoms with Crippen molar-refractivity contribution < 1.29 is 9.53 Å². The van der Waals surface area contributed by atoms with Crippen molar-refractivity contribution in [3.05, 3.63) is 33.2 Å². The minimum atomic E-state index is -0.331. The maximum atomic E-state index is 12.2. The lowest BCUT2D eigenvalue weighted by Gasteiger charge is -2.17. The van der Waals surface area contributed by atoms with Crippen LogP contribution < -0.4 is 5.56 Å². The number of hydrogen-bond donors (Lipinski definition) is 0. The topological polar surface area (TPSA) is 48.3 Å². The third kappa shape index (κ3) is 3.55. The zero-order chi connectivity index (χ0) is 15.4. The molecule has 0 spiro atoms. The van der Waals surface area contributed by atoms with E-state index >= 15 is 0 Å². The Labute approximate surface area is 126 Å². The Bertz CT molecular complexity index is 568. The summed E-state index contributed by atoms with van der Waals surface area (Å²) >= 11 is 0. The van der Waals surface area contributed by atoms with Crippen LogP contribution >= 0.6 is 0 Å². The average Bonchev–Trinajstić information content (AvgIpc) is 2.91. The Hall–Kier alpha value is -1.58. The van der Waals surface area contributed by atoms with E-state index in [1.807, 2.05) is 6.92 Å². The van der Waals surface area contributed by atoms with Gasteiger partial charge in [-0.15, -0.1) is 0 Å². The first-order valence-electron chi connectivity index (χ1n) is 7.92. The molecule has 1 aliphatic carbocycles. The van der Waals surface area contributed by atoms with Crippen LogP contribution in [0.15, 0.2) is 10.9 Å². The first-order valence-corrected chi connectivity index (χ1v) is 7.92.